The molecule has 7 heteroatoms. The molecular weight excluding hydrogens is 413 g/mol. The number of fused-ring (bicyclic) bond motifs is 1. The first-order chi connectivity index (χ1) is 14.3. The van der Waals surface area contributed by atoms with Crippen molar-refractivity contribution < 1.29 is 17.9 Å². The Morgan fingerprint density at radius 2 is 1.70 bits per heavy atom. The molecule has 0 unspecified atom stereocenters. The minimum Gasteiger partial charge on any atom is -0.440 e. The van der Waals surface area contributed by atoms with E-state index in [9.17, 15) is 13.2 Å². The van der Waals surface area contributed by atoms with E-state index in [1.54, 1.807) is 42.1 Å². The number of para-hydroxylation sites is 1. The fraction of sp³-hybridized carbons (Fsp3) is 0.0870. The molecule has 0 spiro atoms. The third-order valence-electron chi connectivity index (χ3n) is 4.64. The number of halogens is 4. The van der Waals surface area contributed by atoms with Gasteiger partial charge in [0, 0.05) is 23.7 Å². The fourth-order valence-electron chi connectivity index (χ4n) is 3.16. The van der Waals surface area contributed by atoms with E-state index >= 15 is 0 Å². The van der Waals surface area contributed by atoms with Gasteiger partial charge in [-0.2, -0.15) is 13.2 Å². The van der Waals surface area contributed by atoms with Gasteiger partial charge in [0.2, 0.25) is 5.88 Å². The van der Waals surface area contributed by atoms with Gasteiger partial charge in [0.15, 0.2) is 0 Å². The first-order valence-corrected chi connectivity index (χ1v) is 9.43. The first-order valence-electron chi connectivity index (χ1n) is 9.05. The Bertz CT molecular complexity index is 1230. The van der Waals surface area contributed by atoms with Crippen LogP contribution in [0.4, 0.5) is 18.9 Å². The second-order valence-corrected chi connectivity index (χ2v) is 7.09. The molecule has 0 fully saturated rings. The topological polar surface area (TPSA) is 26.5 Å². The Morgan fingerprint density at radius 1 is 0.967 bits per heavy atom. The van der Waals surface area contributed by atoms with E-state index in [1.165, 1.54) is 12.1 Å². The average molecular weight is 429 g/mol. The second kappa shape index (κ2) is 7.88. The molecule has 0 saturated carbocycles. The molecule has 152 valence electrons. The summed E-state index contributed by atoms with van der Waals surface area (Å²) in [7, 11) is 1.80. The maximum Gasteiger partial charge on any atom is 0.416 e. The molecule has 0 aliphatic carbocycles. The van der Waals surface area contributed by atoms with Crippen LogP contribution in [0.1, 0.15) is 11.1 Å². The Balaban J connectivity index is 1.79. The van der Waals surface area contributed by atoms with Crippen LogP contribution in [0, 0.1) is 0 Å². The van der Waals surface area contributed by atoms with Gasteiger partial charge in [0.1, 0.15) is 5.75 Å². The Kier molecular flexibility index (Phi) is 5.26. The summed E-state index contributed by atoms with van der Waals surface area (Å²) in [5, 5.41) is 1.48. The summed E-state index contributed by atoms with van der Waals surface area (Å²) in [5.41, 5.74) is 1.46. The standard InChI is InChI=1S/C23H16ClF3N2O/c1-29-21-8-3-2-7-19(21)20(14-28-17-11-9-16(24)10-12-17)22(29)30-18-6-4-5-15(13-18)23(25,26)27/h2-14H,1H3. The number of benzene rings is 3. The lowest BCUT2D eigenvalue weighted by Crippen LogP contribution is -2.05. The lowest BCUT2D eigenvalue weighted by molar-refractivity contribution is -0.137. The lowest BCUT2D eigenvalue weighted by Gasteiger charge is -2.11. The molecule has 0 bridgehead atoms. The van der Waals surface area contributed by atoms with Crippen LogP contribution in [0.2, 0.25) is 5.02 Å². The molecule has 0 aliphatic heterocycles. The van der Waals surface area contributed by atoms with Crippen molar-refractivity contribution in [3.63, 3.8) is 0 Å². The number of alkyl halides is 3. The zero-order valence-corrected chi connectivity index (χ0v) is 16.6. The number of ether oxygens (including phenoxy) is 1. The number of nitrogens with zero attached hydrogens (tertiary/aromatic N) is 2. The molecule has 0 N–H and O–H groups in total. The maximum atomic E-state index is 13.1. The number of hydrogen-bond acceptors (Lipinski definition) is 2. The summed E-state index contributed by atoms with van der Waals surface area (Å²) >= 11 is 5.92. The quantitative estimate of drug-likeness (QED) is 0.311. The smallest absolute Gasteiger partial charge is 0.416 e. The number of aliphatic imine (C=N–C) groups is 1. The van der Waals surface area contributed by atoms with E-state index in [2.05, 4.69) is 4.99 Å². The van der Waals surface area contributed by atoms with Gasteiger partial charge >= 0.3 is 6.18 Å². The van der Waals surface area contributed by atoms with E-state index in [0.29, 0.717) is 22.2 Å². The average Bonchev–Trinajstić information content (AvgIpc) is 2.99. The van der Waals surface area contributed by atoms with Crippen LogP contribution in [0.5, 0.6) is 11.6 Å². The molecule has 0 saturated heterocycles. The van der Waals surface area contributed by atoms with Crippen LogP contribution in [0.15, 0.2) is 77.8 Å². The lowest BCUT2D eigenvalue weighted by atomic mass is 10.2. The number of aryl methyl sites for hydroxylation is 1. The van der Waals surface area contributed by atoms with Gasteiger partial charge in [-0.15, -0.1) is 0 Å². The van der Waals surface area contributed by atoms with Gasteiger partial charge in [-0.1, -0.05) is 35.9 Å². The summed E-state index contributed by atoms with van der Waals surface area (Å²) < 4.78 is 46.9. The number of hydrogen-bond donors (Lipinski definition) is 0. The highest BCUT2D eigenvalue weighted by Gasteiger charge is 2.30. The van der Waals surface area contributed by atoms with Crippen molar-refractivity contribution in [2.24, 2.45) is 12.0 Å². The van der Waals surface area contributed by atoms with E-state index < -0.39 is 11.7 Å². The van der Waals surface area contributed by atoms with Gasteiger partial charge in [0.25, 0.3) is 0 Å². The molecule has 1 heterocycles. The molecule has 30 heavy (non-hydrogen) atoms. The molecule has 1 aromatic heterocycles. The highest BCUT2D eigenvalue weighted by Crippen LogP contribution is 2.36. The first kappa shape index (κ1) is 20.0. The zero-order valence-electron chi connectivity index (χ0n) is 15.8. The number of aromatic nitrogens is 1. The fourth-order valence-corrected chi connectivity index (χ4v) is 3.29. The van der Waals surface area contributed by atoms with Gasteiger partial charge in [-0.3, -0.25) is 4.99 Å². The summed E-state index contributed by atoms with van der Waals surface area (Å²) in [6, 6.07) is 19.4. The van der Waals surface area contributed by atoms with Crippen LogP contribution in [-0.2, 0) is 13.2 Å². The summed E-state index contributed by atoms with van der Waals surface area (Å²) in [6.07, 6.45) is -2.80. The zero-order chi connectivity index (χ0) is 21.3. The monoisotopic (exact) mass is 428 g/mol. The molecule has 4 aromatic rings. The normalized spacial score (nSPS) is 12.0. The largest absolute Gasteiger partial charge is 0.440 e. The van der Waals surface area contributed by atoms with E-state index in [1.807, 2.05) is 24.3 Å². The molecule has 0 radical (unpaired) electrons. The van der Waals surface area contributed by atoms with Crippen LogP contribution in [0.25, 0.3) is 10.9 Å². The Hall–Kier alpha value is -3.25. The van der Waals surface area contributed by atoms with E-state index in [0.717, 1.165) is 23.0 Å². The van der Waals surface area contributed by atoms with E-state index in [4.69, 9.17) is 16.3 Å². The van der Waals surface area contributed by atoms with Crippen LogP contribution in [0.3, 0.4) is 0 Å². The van der Waals surface area contributed by atoms with Crippen LogP contribution < -0.4 is 4.74 Å². The van der Waals surface area contributed by atoms with Crippen molar-refractivity contribution in [1.82, 2.24) is 4.57 Å². The van der Waals surface area contributed by atoms with Crippen molar-refractivity contribution in [1.29, 1.82) is 0 Å². The van der Waals surface area contributed by atoms with Gasteiger partial charge in [-0.05, 0) is 48.5 Å². The Morgan fingerprint density at radius 3 is 2.43 bits per heavy atom. The van der Waals surface area contributed by atoms with Crippen molar-refractivity contribution >= 4 is 34.4 Å². The summed E-state index contributed by atoms with van der Waals surface area (Å²) in [6.45, 7) is 0. The Labute approximate surface area is 176 Å². The summed E-state index contributed by atoms with van der Waals surface area (Å²) in [4.78, 5) is 4.48. The third kappa shape index (κ3) is 4.04. The van der Waals surface area contributed by atoms with Gasteiger partial charge in [-0.25, -0.2) is 0 Å². The highest BCUT2D eigenvalue weighted by molar-refractivity contribution is 6.30. The molecule has 0 atom stereocenters. The van der Waals surface area contributed by atoms with E-state index in [-0.39, 0.29) is 5.75 Å². The van der Waals surface area contributed by atoms with Gasteiger partial charge < -0.3 is 9.30 Å². The van der Waals surface area contributed by atoms with Crippen molar-refractivity contribution in [2.75, 3.05) is 0 Å². The van der Waals surface area contributed by atoms with Crippen molar-refractivity contribution in [2.45, 2.75) is 6.18 Å². The maximum absolute atomic E-state index is 13.1. The molecule has 4 rings (SSSR count). The van der Waals surface area contributed by atoms with Gasteiger partial charge in [0.05, 0.1) is 22.3 Å². The third-order valence-corrected chi connectivity index (χ3v) is 4.89. The molecule has 3 nitrogen and oxygen atoms in total. The molecule has 0 amide bonds. The predicted molar refractivity (Wildman–Crippen MR) is 113 cm³/mol. The second-order valence-electron chi connectivity index (χ2n) is 6.66. The molecule has 3 aromatic carbocycles. The summed E-state index contributed by atoms with van der Waals surface area (Å²) in [5.74, 6) is 0.491. The van der Waals surface area contributed by atoms with Crippen LogP contribution in [-0.4, -0.2) is 10.8 Å². The number of rotatable bonds is 4. The SMILES string of the molecule is Cn1c(Oc2cccc(C(F)(F)F)c2)c(C=Nc2ccc(Cl)cc2)c2ccccc21. The predicted octanol–water partition coefficient (Wildman–Crippen LogP) is 7.39. The molecular formula is C23H16ClF3N2O. The molecule has 0 aliphatic rings. The minimum atomic E-state index is -4.45. The van der Waals surface area contributed by atoms with Crippen molar-refractivity contribution in [3.8, 4) is 11.6 Å². The van der Waals surface area contributed by atoms with Crippen molar-refractivity contribution in [3.05, 3.63) is 88.9 Å². The minimum absolute atomic E-state index is 0.0943. The van der Waals surface area contributed by atoms with Crippen LogP contribution >= 0.6 is 11.6 Å². The highest BCUT2D eigenvalue weighted by atomic mass is 35.5.